The molecular weight excluding hydrogens is 396 g/mol. The van der Waals surface area contributed by atoms with Gasteiger partial charge in [0.25, 0.3) is 0 Å². The van der Waals surface area contributed by atoms with E-state index in [0.717, 1.165) is 0 Å². The normalized spacial score (nSPS) is 17.0. The van der Waals surface area contributed by atoms with Gasteiger partial charge in [0.1, 0.15) is 6.61 Å². The van der Waals surface area contributed by atoms with Crippen molar-refractivity contribution in [3.63, 3.8) is 0 Å². The third-order valence-corrected chi connectivity index (χ3v) is 4.22. The number of esters is 1. The Morgan fingerprint density at radius 1 is 1.32 bits per heavy atom. The number of hydrogen-bond donors (Lipinski definition) is 3. The van der Waals surface area contributed by atoms with Crippen LogP contribution >= 0.6 is 15.9 Å². The highest BCUT2D eigenvalue weighted by Crippen LogP contribution is 2.39. The Balaban J connectivity index is 2.42. The van der Waals surface area contributed by atoms with Gasteiger partial charge in [-0.05, 0) is 40.5 Å². The topological polar surface area (TPSA) is 106 Å². The van der Waals surface area contributed by atoms with E-state index < -0.39 is 18.0 Å². The first-order chi connectivity index (χ1) is 11.9. The van der Waals surface area contributed by atoms with Gasteiger partial charge in [-0.3, -0.25) is 0 Å². The smallest absolute Gasteiger partial charge is 0.338 e. The standard InChI is InChI=1S/C16H19BrN2O6/c1-8-12(15(21)25-5-4-23-2)13(19-16(22)18-8)9-6-10(17)14(20)11(7-9)24-3/h6-7,13,20H,4-5H2,1-3H3,(H2,18,19,22). The number of ether oxygens (including phenoxy) is 3. The molecule has 1 aromatic carbocycles. The summed E-state index contributed by atoms with van der Waals surface area (Å²) in [6, 6.07) is 1.95. The molecule has 1 aliphatic rings. The molecule has 1 aromatic rings. The fourth-order valence-corrected chi connectivity index (χ4v) is 2.89. The second kappa shape index (κ2) is 8.21. The van der Waals surface area contributed by atoms with Crippen LogP contribution in [0.2, 0.25) is 0 Å². The Kier molecular flexibility index (Phi) is 6.27. The van der Waals surface area contributed by atoms with Crippen molar-refractivity contribution in [3.05, 3.63) is 33.4 Å². The molecule has 0 saturated carbocycles. The van der Waals surface area contributed by atoms with Crippen LogP contribution in [0.15, 0.2) is 27.9 Å². The minimum Gasteiger partial charge on any atom is -0.503 e. The number of phenols is 1. The Hall–Kier alpha value is -2.26. The van der Waals surface area contributed by atoms with Crippen molar-refractivity contribution in [1.29, 1.82) is 0 Å². The van der Waals surface area contributed by atoms with Gasteiger partial charge in [0.2, 0.25) is 0 Å². The number of nitrogens with one attached hydrogen (secondary N) is 2. The molecule has 1 aliphatic heterocycles. The highest BCUT2D eigenvalue weighted by molar-refractivity contribution is 9.10. The number of hydrogen-bond acceptors (Lipinski definition) is 6. The van der Waals surface area contributed by atoms with E-state index in [9.17, 15) is 14.7 Å². The molecule has 0 fully saturated rings. The molecule has 3 N–H and O–H groups in total. The van der Waals surface area contributed by atoms with Gasteiger partial charge >= 0.3 is 12.0 Å². The molecule has 1 heterocycles. The van der Waals surface area contributed by atoms with Crippen LogP contribution in [0.4, 0.5) is 4.79 Å². The average Bonchev–Trinajstić information content (AvgIpc) is 2.56. The van der Waals surface area contributed by atoms with E-state index in [2.05, 4.69) is 26.6 Å². The van der Waals surface area contributed by atoms with Gasteiger partial charge in [0.15, 0.2) is 11.5 Å². The summed E-state index contributed by atoms with van der Waals surface area (Å²) < 4.78 is 15.6. The van der Waals surface area contributed by atoms with Crippen LogP contribution in [0.5, 0.6) is 11.5 Å². The number of rotatable bonds is 6. The van der Waals surface area contributed by atoms with E-state index in [1.165, 1.54) is 14.2 Å². The summed E-state index contributed by atoms with van der Waals surface area (Å²) >= 11 is 3.24. The highest BCUT2D eigenvalue weighted by atomic mass is 79.9. The number of methoxy groups -OCH3 is 2. The van der Waals surface area contributed by atoms with Gasteiger partial charge in [0, 0.05) is 12.8 Å². The van der Waals surface area contributed by atoms with Crippen molar-refractivity contribution in [3.8, 4) is 11.5 Å². The van der Waals surface area contributed by atoms with Crippen molar-refractivity contribution in [2.75, 3.05) is 27.4 Å². The third-order valence-electron chi connectivity index (χ3n) is 3.61. The van der Waals surface area contributed by atoms with E-state index >= 15 is 0 Å². The number of allylic oxidation sites excluding steroid dienone is 1. The van der Waals surface area contributed by atoms with E-state index in [1.807, 2.05) is 0 Å². The van der Waals surface area contributed by atoms with Crippen molar-refractivity contribution >= 4 is 27.9 Å². The number of benzene rings is 1. The van der Waals surface area contributed by atoms with Crippen LogP contribution in [0.3, 0.4) is 0 Å². The number of halogens is 1. The summed E-state index contributed by atoms with van der Waals surface area (Å²) in [4.78, 5) is 24.3. The van der Waals surface area contributed by atoms with Gasteiger partial charge in [-0.25, -0.2) is 9.59 Å². The molecule has 0 bridgehead atoms. The number of phenolic OH excluding ortho intramolecular Hbond substituents is 1. The number of urea groups is 1. The average molecular weight is 415 g/mol. The van der Waals surface area contributed by atoms with Crippen LogP contribution < -0.4 is 15.4 Å². The number of aromatic hydroxyl groups is 1. The molecular formula is C16H19BrN2O6. The van der Waals surface area contributed by atoms with E-state index in [-0.39, 0.29) is 30.3 Å². The fraction of sp³-hybridized carbons (Fsp3) is 0.375. The molecule has 1 atom stereocenters. The zero-order valence-corrected chi connectivity index (χ0v) is 15.6. The Morgan fingerprint density at radius 2 is 2.04 bits per heavy atom. The Morgan fingerprint density at radius 3 is 2.68 bits per heavy atom. The summed E-state index contributed by atoms with van der Waals surface area (Å²) in [7, 11) is 2.91. The Labute approximate surface area is 153 Å². The monoisotopic (exact) mass is 414 g/mol. The lowest BCUT2D eigenvalue weighted by molar-refractivity contribution is -0.140. The number of carbonyl (C=O) groups excluding carboxylic acids is 2. The van der Waals surface area contributed by atoms with Gasteiger partial charge in [-0.15, -0.1) is 0 Å². The van der Waals surface area contributed by atoms with Crippen molar-refractivity contribution in [2.45, 2.75) is 13.0 Å². The van der Waals surface area contributed by atoms with E-state index in [0.29, 0.717) is 15.7 Å². The lowest BCUT2D eigenvalue weighted by atomic mass is 9.95. The van der Waals surface area contributed by atoms with Gasteiger partial charge in [-0.2, -0.15) is 0 Å². The summed E-state index contributed by atoms with van der Waals surface area (Å²) in [5.74, 6) is -0.437. The van der Waals surface area contributed by atoms with Crippen LogP contribution in [0.1, 0.15) is 18.5 Å². The third kappa shape index (κ3) is 4.23. The lowest BCUT2D eigenvalue weighted by Crippen LogP contribution is -2.45. The maximum absolute atomic E-state index is 12.5. The van der Waals surface area contributed by atoms with Gasteiger partial charge < -0.3 is 30.0 Å². The van der Waals surface area contributed by atoms with E-state index in [1.54, 1.807) is 19.1 Å². The minimum atomic E-state index is -0.755. The first-order valence-electron chi connectivity index (χ1n) is 7.39. The summed E-state index contributed by atoms with van der Waals surface area (Å²) in [5, 5.41) is 15.2. The molecule has 0 spiro atoms. The van der Waals surface area contributed by atoms with E-state index in [4.69, 9.17) is 14.2 Å². The van der Waals surface area contributed by atoms with Crippen LogP contribution in [0, 0.1) is 0 Å². The summed E-state index contributed by atoms with van der Waals surface area (Å²) in [6.45, 7) is 1.97. The first kappa shape index (κ1) is 19.1. The molecule has 9 heteroatoms. The molecule has 25 heavy (non-hydrogen) atoms. The fourth-order valence-electron chi connectivity index (χ4n) is 2.43. The largest absolute Gasteiger partial charge is 0.503 e. The molecule has 0 aromatic heterocycles. The maximum atomic E-state index is 12.5. The molecule has 2 rings (SSSR count). The van der Waals surface area contributed by atoms with Crippen molar-refractivity contribution < 1.29 is 28.9 Å². The zero-order valence-electron chi connectivity index (χ0n) is 14.0. The van der Waals surface area contributed by atoms with Gasteiger partial charge in [-0.1, -0.05) is 0 Å². The second-order valence-corrected chi connectivity index (χ2v) is 6.11. The molecule has 1 unspecified atom stereocenters. The Bertz CT molecular complexity index is 719. The predicted octanol–water partition coefficient (Wildman–Crippen LogP) is 1.98. The van der Waals surface area contributed by atoms with Crippen molar-refractivity contribution in [2.24, 2.45) is 0 Å². The number of amides is 2. The van der Waals surface area contributed by atoms with Gasteiger partial charge in [0.05, 0.1) is 29.8 Å². The van der Waals surface area contributed by atoms with Crippen LogP contribution in [-0.4, -0.2) is 44.5 Å². The molecule has 2 amide bonds. The number of carbonyl (C=O) groups is 2. The maximum Gasteiger partial charge on any atom is 0.338 e. The van der Waals surface area contributed by atoms with Crippen LogP contribution in [0.25, 0.3) is 0 Å². The summed E-state index contributed by atoms with van der Waals surface area (Å²) in [5.41, 5.74) is 1.20. The molecule has 8 nitrogen and oxygen atoms in total. The molecule has 0 radical (unpaired) electrons. The molecule has 0 saturated heterocycles. The molecule has 136 valence electrons. The first-order valence-corrected chi connectivity index (χ1v) is 8.19. The predicted molar refractivity (Wildman–Crippen MR) is 92.3 cm³/mol. The zero-order chi connectivity index (χ0) is 18.6. The minimum absolute atomic E-state index is 0.0727. The van der Waals surface area contributed by atoms with Crippen LogP contribution in [-0.2, 0) is 14.3 Å². The summed E-state index contributed by atoms with van der Waals surface area (Å²) in [6.07, 6.45) is 0. The SMILES string of the molecule is COCCOC(=O)C1=C(C)NC(=O)NC1c1cc(Br)c(O)c(OC)c1. The quantitative estimate of drug-likeness (QED) is 0.485. The lowest BCUT2D eigenvalue weighted by Gasteiger charge is -2.28. The highest BCUT2D eigenvalue weighted by Gasteiger charge is 2.33. The molecule has 0 aliphatic carbocycles. The van der Waals surface area contributed by atoms with Crippen molar-refractivity contribution in [1.82, 2.24) is 10.6 Å². The second-order valence-electron chi connectivity index (χ2n) is 5.25.